The third-order valence-electron chi connectivity index (χ3n) is 3.80. The molecule has 0 aromatic heterocycles. The summed E-state index contributed by atoms with van der Waals surface area (Å²) in [6.45, 7) is 4.19. The monoisotopic (exact) mass is 232 g/mol. The molecule has 17 heavy (non-hydrogen) atoms. The number of piperidine rings is 1. The molecule has 2 rings (SSSR count). The van der Waals surface area contributed by atoms with Crippen LogP contribution in [0.5, 0.6) is 0 Å². The Bertz CT molecular complexity index is 329. The van der Waals surface area contributed by atoms with E-state index in [0.717, 1.165) is 19.4 Å². The second kappa shape index (κ2) is 6.06. The largest absolute Gasteiger partial charge is 0.369 e. The summed E-state index contributed by atoms with van der Waals surface area (Å²) < 4.78 is 0. The van der Waals surface area contributed by atoms with Crippen LogP contribution in [0.1, 0.15) is 38.2 Å². The zero-order valence-corrected chi connectivity index (χ0v) is 10.9. The molecule has 1 saturated heterocycles. The molecular weight excluding hydrogens is 208 g/mol. The number of hydrogen-bond acceptors (Lipinski definition) is 2. The molecule has 1 aromatic rings. The average molecular weight is 232 g/mol. The van der Waals surface area contributed by atoms with Crippen LogP contribution in [0, 0.1) is 0 Å². The number of benzene rings is 1. The summed E-state index contributed by atoms with van der Waals surface area (Å²) in [7, 11) is 0. The van der Waals surface area contributed by atoms with Gasteiger partial charge in [0.05, 0.1) is 0 Å². The number of nitrogens with two attached hydrogens (primary N) is 1. The summed E-state index contributed by atoms with van der Waals surface area (Å²) >= 11 is 0. The number of anilines is 1. The van der Waals surface area contributed by atoms with E-state index in [1.54, 1.807) is 0 Å². The van der Waals surface area contributed by atoms with Crippen LogP contribution in [0.3, 0.4) is 0 Å². The SMILES string of the molecule is CCc1ccc(N2CCCCC2CCN)cc1. The Labute approximate surface area is 105 Å². The third kappa shape index (κ3) is 3.01. The Morgan fingerprint density at radius 3 is 2.65 bits per heavy atom. The van der Waals surface area contributed by atoms with E-state index in [1.165, 1.54) is 37.1 Å². The van der Waals surface area contributed by atoms with Gasteiger partial charge in [-0.3, -0.25) is 0 Å². The molecule has 0 radical (unpaired) electrons. The van der Waals surface area contributed by atoms with Gasteiger partial charge in [0.2, 0.25) is 0 Å². The minimum atomic E-state index is 0.654. The van der Waals surface area contributed by atoms with E-state index in [1.807, 2.05) is 0 Å². The highest BCUT2D eigenvalue weighted by Gasteiger charge is 2.21. The molecule has 2 N–H and O–H groups in total. The second-order valence-electron chi connectivity index (χ2n) is 4.94. The normalized spacial score (nSPS) is 20.6. The molecule has 1 aromatic carbocycles. The van der Waals surface area contributed by atoms with E-state index in [4.69, 9.17) is 5.73 Å². The Hall–Kier alpha value is -1.02. The molecule has 0 bridgehead atoms. The van der Waals surface area contributed by atoms with E-state index in [2.05, 4.69) is 36.1 Å². The van der Waals surface area contributed by atoms with Gasteiger partial charge in [-0.1, -0.05) is 19.1 Å². The van der Waals surface area contributed by atoms with E-state index in [-0.39, 0.29) is 0 Å². The fourth-order valence-electron chi connectivity index (χ4n) is 2.76. The standard InChI is InChI=1S/C15H24N2/c1-2-13-6-8-15(9-7-13)17-12-4-3-5-14(17)10-11-16/h6-9,14H,2-5,10-12,16H2,1H3. The Morgan fingerprint density at radius 1 is 1.24 bits per heavy atom. The van der Waals surface area contributed by atoms with Crippen molar-refractivity contribution in [1.82, 2.24) is 0 Å². The number of hydrogen-bond donors (Lipinski definition) is 1. The zero-order chi connectivity index (χ0) is 12.1. The van der Waals surface area contributed by atoms with Gasteiger partial charge in [0.1, 0.15) is 0 Å². The van der Waals surface area contributed by atoms with Gasteiger partial charge in [-0.15, -0.1) is 0 Å². The van der Waals surface area contributed by atoms with Crippen molar-refractivity contribution in [3.05, 3.63) is 29.8 Å². The number of aryl methyl sites for hydroxylation is 1. The predicted octanol–water partition coefficient (Wildman–Crippen LogP) is 2.96. The quantitative estimate of drug-likeness (QED) is 0.865. The number of rotatable bonds is 4. The second-order valence-corrected chi connectivity index (χ2v) is 4.94. The Balaban J connectivity index is 2.11. The molecule has 0 spiro atoms. The highest BCUT2D eigenvalue weighted by molar-refractivity contribution is 5.49. The van der Waals surface area contributed by atoms with Gasteiger partial charge in [-0.2, -0.15) is 0 Å². The fourth-order valence-corrected chi connectivity index (χ4v) is 2.76. The molecule has 2 nitrogen and oxygen atoms in total. The van der Waals surface area contributed by atoms with E-state index < -0.39 is 0 Å². The van der Waals surface area contributed by atoms with Gasteiger partial charge in [-0.05, 0) is 56.3 Å². The Kier molecular flexibility index (Phi) is 4.43. The van der Waals surface area contributed by atoms with Crippen LogP contribution in [0.2, 0.25) is 0 Å². The molecule has 1 heterocycles. The maximum absolute atomic E-state index is 5.72. The molecule has 1 fully saturated rings. The lowest BCUT2D eigenvalue weighted by atomic mass is 9.98. The van der Waals surface area contributed by atoms with E-state index >= 15 is 0 Å². The van der Waals surface area contributed by atoms with Crippen molar-refractivity contribution < 1.29 is 0 Å². The van der Waals surface area contributed by atoms with E-state index in [9.17, 15) is 0 Å². The van der Waals surface area contributed by atoms with Crippen LogP contribution in [0.4, 0.5) is 5.69 Å². The topological polar surface area (TPSA) is 29.3 Å². The summed E-state index contributed by atoms with van der Waals surface area (Å²) in [5, 5.41) is 0. The summed E-state index contributed by atoms with van der Waals surface area (Å²) in [5.41, 5.74) is 8.51. The van der Waals surface area contributed by atoms with Crippen molar-refractivity contribution in [2.75, 3.05) is 18.0 Å². The van der Waals surface area contributed by atoms with Crippen LogP contribution in [0.15, 0.2) is 24.3 Å². The van der Waals surface area contributed by atoms with Crippen LogP contribution >= 0.6 is 0 Å². The summed E-state index contributed by atoms with van der Waals surface area (Å²) in [4.78, 5) is 2.55. The summed E-state index contributed by atoms with van der Waals surface area (Å²) in [5.74, 6) is 0. The first-order valence-electron chi connectivity index (χ1n) is 6.90. The smallest absolute Gasteiger partial charge is 0.0368 e. The highest BCUT2D eigenvalue weighted by atomic mass is 15.2. The van der Waals surface area contributed by atoms with Crippen molar-refractivity contribution >= 4 is 5.69 Å². The van der Waals surface area contributed by atoms with Crippen molar-refractivity contribution in [3.63, 3.8) is 0 Å². The predicted molar refractivity (Wildman–Crippen MR) is 74.5 cm³/mol. The lowest BCUT2D eigenvalue weighted by Gasteiger charge is -2.37. The first kappa shape index (κ1) is 12.4. The van der Waals surface area contributed by atoms with Crippen LogP contribution in [-0.2, 0) is 6.42 Å². The number of nitrogens with zero attached hydrogens (tertiary/aromatic N) is 1. The lowest BCUT2D eigenvalue weighted by Crippen LogP contribution is -2.40. The molecule has 94 valence electrons. The van der Waals surface area contributed by atoms with Crippen molar-refractivity contribution in [3.8, 4) is 0 Å². The Morgan fingerprint density at radius 2 is 2.00 bits per heavy atom. The molecular formula is C15H24N2. The molecule has 0 amide bonds. The average Bonchev–Trinajstić information content (AvgIpc) is 2.40. The first-order valence-corrected chi connectivity index (χ1v) is 6.90. The van der Waals surface area contributed by atoms with Crippen LogP contribution in [-0.4, -0.2) is 19.1 Å². The molecule has 0 aliphatic carbocycles. The van der Waals surface area contributed by atoms with Crippen molar-refractivity contribution in [2.45, 2.75) is 45.1 Å². The van der Waals surface area contributed by atoms with E-state index in [0.29, 0.717) is 6.04 Å². The van der Waals surface area contributed by atoms with Crippen molar-refractivity contribution in [2.24, 2.45) is 5.73 Å². The molecule has 1 aliphatic heterocycles. The van der Waals surface area contributed by atoms with Crippen LogP contribution in [0.25, 0.3) is 0 Å². The molecule has 1 unspecified atom stereocenters. The zero-order valence-electron chi connectivity index (χ0n) is 10.9. The van der Waals surface area contributed by atoms with Crippen LogP contribution < -0.4 is 10.6 Å². The van der Waals surface area contributed by atoms with Gasteiger partial charge in [0.25, 0.3) is 0 Å². The summed E-state index contributed by atoms with van der Waals surface area (Å²) in [6, 6.07) is 9.70. The minimum absolute atomic E-state index is 0.654. The minimum Gasteiger partial charge on any atom is -0.369 e. The highest BCUT2D eigenvalue weighted by Crippen LogP contribution is 2.26. The molecule has 1 aliphatic rings. The lowest BCUT2D eigenvalue weighted by molar-refractivity contribution is 0.442. The van der Waals surface area contributed by atoms with Gasteiger partial charge in [-0.25, -0.2) is 0 Å². The molecule has 2 heteroatoms. The first-order chi connectivity index (χ1) is 8.35. The maximum atomic E-state index is 5.72. The molecule has 1 atom stereocenters. The third-order valence-corrected chi connectivity index (χ3v) is 3.80. The molecule has 0 saturated carbocycles. The summed E-state index contributed by atoms with van der Waals surface area (Å²) in [6.07, 6.45) is 6.21. The maximum Gasteiger partial charge on any atom is 0.0368 e. The van der Waals surface area contributed by atoms with Gasteiger partial charge in [0.15, 0.2) is 0 Å². The van der Waals surface area contributed by atoms with Gasteiger partial charge < -0.3 is 10.6 Å². The van der Waals surface area contributed by atoms with Gasteiger partial charge >= 0.3 is 0 Å². The fraction of sp³-hybridized carbons (Fsp3) is 0.600. The van der Waals surface area contributed by atoms with Gasteiger partial charge in [0, 0.05) is 18.3 Å². The van der Waals surface area contributed by atoms with Crippen molar-refractivity contribution in [1.29, 1.82) is 0 Å².